The SMILES string of the molecule is CC(C)c1cccc(C(C)C)c1-c1ccnc(-n2c3ccccc3c3ccc(Oc4cccc(N5CN(c6cccc(C(C)(C)C)c6)c6ccccc65)c4)cc32)c1. The Bertz CT molecular complexity index is 2740. The molecule has 0 saturated heterocycles. The molecule has 0 unspecified atom stereocenters. The summed E-state index contributed by atoms with van der Waals surface area (Å²) in [5, 5.41) is 2.35. The van der Waals surface area contributed by atoms with E-state index in [1.54, 1.807) is 0 Å². The second-order valence-electron chi connectivity index (χ2n) is 16.9. The van der Waals surface area contributed by atoms with E-state index in [9.17, 15) is 0 Å². The van der Waals surface area contributed by atoms with Crippen LogP contribution in [0.5, 0.6) is 11.5 Å². The summed E-state index contributed by atoms with van der Waals surface area (Å²) in [6, 6.07) is 52.2. The lowest BCUT2D eigenvalue weighted by Crippen LogP contribution is -2.24. The number of anilines is 4. The van der Waals surface area contributed by atoms with Crippen molar-refractivity contribution in [1.29, 1.82) is 0 Å². The molecule has 284 valence electrons. The van der Waals surface area contributed by atoms with Gasteiger partial charge < -0.3 is 14.5 Å². The molecule has 9 rings (SSSR count). The van der Waals surface area contributed by atoms with Gasteiger partial charge in [0.25, 0.3) is 0 Å². The average molecular weight is 747 g/mol. The van der Waals surface area contributed by atoms with E-state index in [0.29, 0.717) is 18.5 Å². The van der Waals surface area contributed by atoms with E-state index in [4.69, 9.17) is 9.72 Å². The van der Waals surface area contributed by atoms with Gasteiger partial charge in [-0.05, 0) is 112 Å². The van der Waals surface area contributed by atoms with Crippen molar-refractivity contribution in [2.75, 3.05) is 16.5 Å². The maximum atomic E-state index is 6.73. The summed E-state index contributed by atoms with van der Waals surface area (Å²) in [6.45, 7) is 16.6. The number of hydrogen-bond donors (Lipinski definition) is 0. The largest absolute Gasteiger partial charge is 0.457 e. The Kier molecular flexibility index (Phi) is 9.12. The van der Waals surface area contributed by atoms with Crippen molar-refractivity contribution in [3.63, 3.8) is 0 Å². The molecule has 0 radical (unpaired) electrons. The highest BCUT2D eigenvalue weighted by Gasteiger charge is 2.29. The number of pyridine rings is 1. The molecule has 0 aliphatic carbocycles. The van der Waals surface area contributed by atoms with Gasteiger partial charge in [0.15, 0.2) is 0 Å². The molecule has 0 bridgehead atoms. The maximum absolute atomic E-state index is 6.73. The zero-order chi connectivity index (χ0) is 39.4. The normalized spacial score (nSPS) is 13.0. The van der Waals surface area contributed by atoms with Gasteiger partial charge in [0, 0.05) is 40.5 Å². The molecule has 8 aromatic rings. The van der Waals surface area contributed by atoms with E-state index in [-0.39, 0.29) is 5.41 Å². The van der Waals surface area contributed by atoms with Crippen LogP contribution in [0.2, 0.25) is 0 Å². The monoisotopic (exact) mass is 746 g/mol. The lowest BCUT2D eigenvalue weighted by Gasteiger charge is -2.25. The van der Waals surface area contributed by atoms with Crippen molar-refractivity contribution in [3.8, 4) is 28.4 Å². The summed E-state index contributed by atoms with van der Waals surface area (Å²) in [6.07, 6.45) is 1.96. The fourth-order valence-electron chi connectivity index (χ4n) is 8.49. The summed E-state index contributed by atoms with van der Waals surface area (Å²) in [5.74, 6) is 3.23. The Morgan fingerprint density at radius 3 is 1.88 bits per heavy atom. The van der Waals surface area contributed by atoms with Crippen LogP contribution in [-0.2, 0) is 5.41 Å². The van der Waals surface area contributed by atoms with E-state index in [0.717, 1.165) is 39.4 Å². The van der Waals surface area contributed by atoms with Gasteiger partial charge >= 0.3 is 0 Å². The van der Waals surface area contributed by atoms with Gasteiger partial charge in [0.2, 0.25) is 0 Å². The number of nitrogens with zero attached hydrogens (tertiary/aromatic N) is 4. The molecule has 0 N–H and O–H groups in total. The molecular weight excluding hydrogens is 697 g/mol. The predicted molar refractivity (Wildman–Crippen MR) is 239 cm³/mol. The summed E-state index contributed by atoms with van der Waals surface area (Å²) < 4.78 is 9.02. The number of ether oxygens (including phenoxy) is 1. The Morgan fingerprint density at radius 1 is 0.561 bits per heavy atom. The quantitative estimate of drug-likeness (QED) is 0.155. The molecule has 6 aromatic carbocycles. The van der Waals surface area contributed by atoms with Crippen LogP contribution < -0.4 is 14.5 Å². The van der Waals surface area contributed by atoms with E-state index in [2.05, 4.69) is 202 Å². The Labute approximate surface area is 336 Å². The highest BCUT2D eigenvalue weighted by Crippen LogP contribution is 2.46. The van der Waals surface area contributed by atoms with E-state index in [1.165, 1.54) is 50.3 Å². The van der Waals surface area contributed by atoms with Crippen LogP contribution in [0.25, 0.3) is 38.8 Å². The standard InChI is InChI=1S/C52H50N4O/c1-34(2)42-20-14-21-43(35(3)4)51(42)36-27-28-53-50(29-36)56-46-22-9-8-19-44(46)45-26-25-41(32-49(45)56)57-40-18-13-17-39(31-40)55-33-54(47-23-10-11-24-48(47)55)38-16-12-15-37(30-38)52(5,6)7/h8-32,34-35H,33H2,1-7H3. The highest BCUT2D eigenvalue weighted by atomic mass is 16.5. The molecule has 1 aliphatic heterocycles. The molecule has 3 heterocycles. The third-order valence-electron chi connectivity index (χ3n) is 11.4. The summed E-state index contributed by atoms with van der Waals surface area (Å²) in [7, 11) is 0. The van der Waals surface area contributed by atoms with Crippen LogP contribution in [0.1, 0.15) is 77.0 Å². The second-order valence-corrected chi connectivity index (χ2v) is 16.9. The van der Waals surface area contributed by atoms with Crippen molar-refractivity contribution >= 4 is 44.6 Å². The fourth-order valence-corrected chi connectivity index (χ4v) is 8.49. The third-order valence-corrected chi connectivity index (χ3v) is 11.4. The number of fused-ring (bicyclic) bond motifs is 4. The van der Waals surface area contributed by atoms with Gasteiger partial charge in [-0.3, -0.25) is 4.57 Å². The minimum Gasteiger partial charge on any atom is -0.457 e. The van der Waals surface area contributed by atoms with Crippen LogP contribution in [0.4, 0.5) is 22.7 Å². The Balaban J connectivity index is 1.08. The average Bonchev–Trinajstić information content (AvgIpc) is 3.76. The molecule has 1 aliphatic rings. The van der Waals surface area contributed by atoms with E-state index < -0.39 is 0 Å². The minimum atomic E-state index is 0.0652. The Hall–Kier alpha value is -6.33. The van der Waals surface area contributed by atoms with E-state index >= 15 is 0 Å². The number of benzene rings is 6. The van der Waals surface area contributed by atoms with Crippen LogP contribution >= 0.6 is 0 Å². The molecule has 0 saturated carbocycles. The molecule has 0 spiro atoms. The third kappa shape index (κ3) is 6.61. The first-order valence-electron chi connectivity index (χ1n) is 20.2. The fraction of sp³-hybridized carbons (Fsp3) is 0.212. The molecular formula is C52H50N4O. The lowest BCUT2D eigenvalue weighted by atomic mass is 9.85. The summed E-state index contributed by atoms with van der Waals surface area (Å²) in [4.78, 5) is 9.77. The van der Waals surface area contributed by atoms with Crippen molar-refractivity contribution in [2.45, 2.75) is 65.7 Å². The van der Waals surface area contributed by atoms with E-state index in [1.807, 2.05) is 12.3 Å². The van der Waals surface area contributed by atoms with Crippen LogP contribution in [-0.4, -0.2) is 16.2 Å². The number of rotatable bonds is 8. The van der Waals surface area contributed by atoms with Crippen molar-refractivity contribution in [1.82, 2.24) is 9.55 Å². The lowest BCUT2D eigenvalue weighted by molar-refractivity contribution is 0.483. The maximum Gasteiger partial charge on any atom is 0.138 e. The summed E-state index contributed by atoms with van der Waals surface area (Å²) in [5.41, 5.74) is 13.4. The van der Waals surface area contributed by atoms with Crippen LogP contribution in [0.3, 0.4) is 0 Å². The number of hydrogen-bond acceptors (Lipinski definition) is 4. The molecule has 0 atom stereocenters. The van der Waals surface area contributed by atoms with Gasteiger partial charge in [-0.2, -0.15) is 0 Å². The molecule has 5 nitrogen and oxygen atoms in total. The topological polar surface area (TPSA) is 33.5 Å². The van der Waals surface area contributed by atoms with Gasteiger partial charge in [0.05, 0.1) is 22.4 Å². The van der Waals surface area contributed by atoms with Gasteiger partial charge in [-0.25, -0.2) is 4.98 Å². The zero-order valence-corrected chi connectivity index (χ0v) is 34.0. The zero-order valence-electron chi connectivity index (χ0n) is 34.0. The van der Waals surface area contributed by atoms with Crippen LogP contribution in [0, 0.1) is 0 Å². The summed E-state index contributed by atoms with van der Waals surface area (Å²) >= 11 is 0. The first-order chi connectivity index (χ1) is 27.5. The molecule has 2 aromatic heterocycles. The van der Waals surface area contributed by atoms with Crippen molar-refractivity contribution in [3.05, 3.63) is 168 Å². The molecule has 5 heteroatoms. The highest BCUT2D eigenvalue weighted by molar-refractivity contribution is 6.09. The van der Waals surface area contributed by atoms with Crippen molar-refractivity contribution < 1.29 is 4.74 Å². The number of aromatic nitrogens is 2. The molecule has 57 heavy (non-hydrogen) atoms. The smallest absolute Gasteiger partial charge is 0.138 e. The predicted octanol–water partition coefficient (Wildman–Crippen LogP) is 14.4. The first kappa shape index (κ1) is 36.3. The van der Waals surface area contributed by atoms with Gasteiger partial charge in [-0.15, -0.1) is 0 Å². The van der Waals surface area contributed by atoms with Crippen molar-refractivity contribution in [2.24, 2.45) is 0 Å². The Morgan fingerprint density at radius 2 is 1.18 bits per heavy atom. The van der Waals surface area contributed by atoms with Gasteiger partial charge in [0.1, 0.15) is 24.0 Å². The second kappa shape index (κ2) is 14.3. The van der Waals surface area contributed by atoms with Crippen LogP contribution in [0.15, 0.2) is 152 Å². The minimum absolute atomic E-state index is 0.0652. The van der Waals surface area contributed by atoms with Gasteiger partial charge in [-0.1, -0.05) is 115 Å². The molecule has 0 fully saturated rings. The molecule has 0 amide bonds. The number of para-hydroxylation sites is 3. The first-order valence-corrected chi connectivity index (χ1v) is 20.2.